The Morgan fingerprint density at radius 1 is 1.03 bits per heavy atom. The topological polar surface area (TPSA) is 86.8 Å². The van der Waals surface area contributed by atoms with E-state index in [0.717, 1.165) is 14.1 Å². The monoisotopic (exact) mass is 625 g/mol. The van der Waals surface area contributed by atoms with Gasteiger partial charge in [-0.3, -0.25) is 13.9 Å². The molecule has 0 heterocycles. The Bertz CT molecular complexity index is 1090. The van der Waals surface area contributed by atoms with Crippen LogP contribution in [0.1, 0.15) is 26.3 Å². The lowest BCUT2D eigenvalue weighted by atomic mass is 10.1. The van der Waals surface area contributed by atoms with Crippen molar-refractivity contribution in [2.75, 3.05) is 17.1 Å². The Labute approximate surface area is 218 Å². The minimum absolute atomic E-state index is 0.0612. The zero-order valence-corrected chi connectivity index (χ0v) is 23.2. The van der Waals surface area contributed by atoms with Crippen LogP contribution in [0.25, 0.3) is 0 Å². The predicted molar refractivity (Wildman–Crippen MR) is 141 cm³/mol. The molecule has 0 fully saturated rings. The van der Waals surface area contributed by atoms with Gasteiger partial charge in [0.2, 0.25) is 21.8 Å². The molecule has 1 N–H and O–H groups in total. The Kier molecular flexibility index (Phi) is 9.83. The Morgan fingerprint density at radius 2 is 1.58 bits per heavy atom. The number of rotatable bonds is 9. The molecule has 1 unspecified atom stereocenters. The maximum absolute atomic E-state index is 13.5. The number of sulfonamides is 1. The number of hydrogen-bond acceptors (Lipinski definition) is 4. The van der Waals surface area contributed by atoms with E-state index in [9.17, 15) is 18.0 Å². The van der Waals surface area contributed by atoms with Crippen LogP contribution in [-0.2, 0) is 26.2 Å². The van der Waals surface area contributed by atoms with Gasteiger partial charge in [0.25, 0.3) is 0 Å². The molecule has 1 atom stereocenters. The number of nitrogens with zero attached hydrogens (tertiary/aromatic N) is 2. The number of anilines is 1. The van der Waals surface area contributed by atoms with Gasteiger partial charge in [-0.05, 0) is 79.8 Å². The first-order valence-electron chi connectivity index (χ1n) is 10.1. The maximum Gasteiger partial charge on any atom is 0.244 e. The van der Waals surface area contributed by atoms with Crippen LogP contribution in [0.2, 0.25) is 10.0 Å². The molecular weight excluding hydrogens is 600 g/mol. The average molecular weight is 626 g/mol. The van der Waals surface area contributed by atoms with E-state index in [1.54, 1.807) is 49.4 Å². The molecule has 2 rings (SSSR count). The molecule has 0 saturated heterocycles. The van der Waals surface area contributed by atoms with Gasteiger partial charge in [-0.15, -0.1) is 0 Å². The first-order valence-corrected chi connectivity index (χ1v) is 13.8. The van der Waals surface area contributed by atoms with Crippen LogP contribution >= 0.6 is 45.8 Å². The highest BCUT2D eigenvalue weighted by Gasteiger charge is 2.31. The van der Waals surface area contributed by atoms with Gasteiger partial charge in [0.15, 0.2) is 0 Å². The zero-order valence-electron chi connectivity index (χ0n) is 18.7. The van der Waals surface area contributed by atoms with E-state index in [-0.39, 0.29) is 18.5 Å². The molecule has 11 heteroatoms. The predicted octanol–water partition coefficient (Wildman–Crippen LogP) is 4.31. The minimum Gasteiger partial charge on any atom is -0.352 e. The van der Waals surface area contributed by atoms with Gasteiger partial charge in [0, 0.05) is 31.8 Å². The Morgan fingerprint density at radius 3 is 2.06 bits per heavy atom. The summed E-state index contributed by atoms with van der Waals surface area (Å²) in [7, 11) is -3.78. The summed E-state index contributed by atoms with van der Waals surface area (Å²) in [6.07, 6.45) is 1.03. The molecule has 2 amide bonds. The molecule has 0 saturated carbocycles. The average Bonchev–Trinajstić information content (AvgIpc) is 2.70. The molecule has 7 nitrogen and oxygen atoms in total. The van der Waals surface area contributed by atoms with Crippen LogP contribution in [0.4, 0.5) is 5.69 Å². The van der Waals surface area contributed by atoms with Gasteiger partial charge in [-0.25, -0.2) is 8.42 Å². The normalized spacial score (nSPS) is 12.4. The summed E-state index contributed by atoms with van der Waals surface area (Å²) >= 11 is 14.7. The second-order valence-corrected chi connectivity index (χ2v) is 11.8. The van der Waals surface area contributed by atoms with Crippen molar-refractivity contribution in [3.8, 4) is 0 Å². The van der Waals surface area contributed by atoms with Crippen molar-refractivity contribution in [2.24, 2.45) is 0 Å². The first-order chi connectivity index (χ1) is 15.3. The summed E-state index contributed by atoms with van der Waals surface area (Å²) in [4.78, 5) is 27.5. The van der Waals surface area contributed by atoms with E-state index in [0.29, 0.717) is 21.3 Å². The van der Waals surface area contributed by atoms with E-state index in [2.05, 4.69) is 27.9 Å². The van der Waals surface area contributed by atoms with Crippen LogP contribution in [0.15, 0.2) is 42.5 Å². The van der Waals surface area contributed by atoms with Crippen LogP contribution in [0, 0.1) is 3.57 Å². The van der Waals surface area contributed by atoms with Crippen LogP contribution in [-0.4, -0.2) is 50.0 Å². The molecule has 0 aromatic heterocycles. The quantitative estimate of drug-likeness (QED) is 0.421. The molecule has 0 aliphatic carbocycles. The van der Waals surface area contributed by atoms with Gasteiger partial charge in [-0.2, -0.15) is 0 Å². The van der Waals surface area contributed by atoms with Gasteiger partial charge in [0.05, 0.1) is 11.9 Å². The standard InChI is InChI=1S/C22H26Cl2IN3O4S/c1-14(2)26-22(30)15(3)27(12-18-19(23)6-5-7-20(18)24)21(29)13-28(33(4,31)32)17-10-8-16(25)9-11-17/h5-11,14-15H,12-13H2,1-4H3,(H,26,30). The van der Waals surface area contributed by atoms with Crippen LogP contribution < -0.4 is 9.62 Å². The summed E-state index contributed by atoms with van der Waals surface area (Å²) in [6, 6.07) is 10.7. The van der Waals surface area contributed by atoms with Crippen molar-refractivity contribution < 1.29 is 18.0 Å². The molecular formula is C22H26Cl2IN3O4S. The number of hydrogen-bond donors (Lipinski definition) is 1. The minimum atomic E-state index is -3.78. The molecule has 0 aliphatic rings. The lowest BCUT2D eigenvalue weighted by molar-refractivity contribution is -0.139. The van der Waals surface area contributed by atoms with E-state index in [4.69, 9.17) is 23.2 Å². The third kappa shape index (κ3) is 7.73. The summed E-state index contributed by atoms with van der Waals surface area (Å²) in [6.45, 7) is 4.65. The highest BCUT2D eigenvalue weighted by molar-refractivity contribution is 14.1. The smallest absolute Gasteiger partial charge is 0.244 e. The maximum atomic E-state index is 13.5. The molecule has 0 bridgehead atoms. The molecule has 33 heavy (non-hydrogen) atoms. The van der Waals surface area contributed by atoms with Crippen LogP contribution in [0.3, 0.4) is 0 Å². The van der Waals surface area contributed by atoms with E-state index >= 15 is 0 Å². The number of nitrogens with one attached hydrogen (secondary N) is 1. The van der Waals surface area contributed by atoms with Crippen LogP contribution in [0.5, 0.6) is 0 Å². The molecule has 2 aromatic carbocycles. The first kappa shape index (κ1) is 27.7. The molecule has 0 aliphatic heterocycles. The number of halogens is 3. The fraction of sp³-hybridized carbons (Fsp3) is 0.364. The number of benzene rings is 2. The van der Waals surface area contributed by atoms with Crippen molar-refractivity contribution in [1.82, 2.24) is 10.2 Å². The van der Waals surface area contributed by atoms with Crippen molar-refractivity contribution >= 4 is 73.3 Å². The van der Waals surface area contributed by atoms with Crippen molar-refractivity contribution in [1.29, 1.82) is 0 Å². The van der Waals surface area contributed by atoms with E-state index < -0.39 is 28.5 Å². The molecule has 2 aromatic rings. The van der Waals surface area contributed by atoms with Gasteiger partial charge in [0.1, 0.15) is 12.6 Å². The van der Waals surface area contributed by atoms with Gasteiger partial charge >= 0.3 is 0 Å². The number of carbonyl (C=O) groups excluding carboxylic acids is 2. The van der Waals surface area contributed by atoms with Gasteiger partial charge < -0.3 is 10.2 Å². The van der Waals surface area contributed by atoms with E-state index in [1.807, 2.05) is 13.8 Å². The summed E-state index contributed by atoms with van der Waals surface area (Å²) < 4.78 is 27.0. The fourth-order valence-corrected chi connectivity index (χ4v) is 4.79. The molecule has 0 spiro atoms. The second kappa shape index (κ2) is 11.7. The van der Waals surface area contributed by atoms with Crippen molar-refractivity contribution in [3.63, 3.8) is 0 Å². The lowest BCUT2D eigenvalue weighted by Gasteiger charge is -2.32. The highest BCUT2D eigenvalue weighted by Crippen LogP contribution is 2.27. The van der Waals surface area contributed by atoms with E-state index in [1.165, 1.54) is 4.90 Å². The third-order valence-electron chi connectivity index (χ3n) is 4.78. The van der Waals surface area contributed by atoms with Crippen molar-refractivity contribution in [3.05, 3.63) is 61.6 Å². The third-order valence-corrected chi connectivity index (χ3v) is 7.35. The van der Waals surface area contributed by atoms with Crippen molar-refractivity contribution in [2.45, 2.75) is 39.4 Å². The lowest BCUT2D eigenvalue weighted by Crippen LogP contribution is -2.52. The second-order valence-electron chi connectivity index (χ2n) is 7.81. The summed E-state index contributed by atoms with van der Waals surface area (Å²) in [5.41, 5.74) is 0.819. The SMILES string of the molecule is CC(C)NC(=O)C(C)N(Cc1c(Cl)cccc1Cl)C(=O)CN(c1ccc(I)cc1)S(C)(=O)=O. The summed E-state index contributed by atoms with van der Waals surface area (Å²) in [5.74, 6) is -0.942. The molecule has 180 valence electrons. The summed E-state index contributed by atoms with van der Waals surface area (Å²) in [5, 5.41) is 3.47. The molecule has 0 radical (unpaired) electrons. The highest BCUT2D eigenvalue weighted by atomic mass is 127. The largest absolute Gasteiger partial charge is 0.352 e. The fourth-order valence-electron chi connectivity index (χ4n) is 3.06. The Balaban J connectivity index is 2.44. The van der Waals surface area contributed by atoms with Gasteiger partial charge in [-0.1, -0.05) is 29.3 Å². The zero-order chi connectivity index (χ0) is 24.9. The number of carbonyl (C=O) groups is 2. The Hall–Kier alpha value is -1.56. The number of amides is 2.